The van der Waals surface area contributed by atoms with Crippen molar-refractivity contribution in [2.24, 2.45) is 0 Å². The van der Waals surface area contributed by atoms with E-state index in [9.17, 15) is 4.79 Å². The predicted molar refractivity (Wildman–Crippen MR) is 101 cm³/mol. The van der Waals surface area contributed by atoms with E-state index in [0.717, 1.165) is 16.3 Å². The summed E-state index contributed by atoms with van der Waals surface area (Å²) in [7, 11) is 0. The molecular weight excluding hydrogens is 354 g/mol. The molecule has 3 rings (SSSR count). The van der Waals surface area contributed by atoms with Gasteiger partial charge >= 0.3 is 0 Å². The fourth-order valence-electron chi connectivity index (χ4n) is 2.16. The lowest BCUT2D eigenvalue weighted by atomic mass is 10.2. The van der Waals surface area contributed by atoms with Crippen molar-refractivity contribution in [1.29, 1.82) is 0 Å². The number of aromatic nitrogens is 4. The first kappa shape index (κ1) is 17.5. The van der Waals surface area contributed by atoms with E-state index < -0.39 is 0 Å². The maximum atomic E-state index is 12.2. The van der Waals surface area contributed by atoms with E-state index in [4.69, 9.17) is 0 Å². The minimum absolute atomic E-state index is 0.0514. The van der Waals surface area contributed by atoms with Crippen LogP contribution in [0.15, 0.2) is 58.6 Å². The molecule has 6 nitrogen and oxygen atoms in total. The third-order valence-corrected chi connectivity index (χ3v) is 5.02. The highest BCUT2D eigenvalue weighted by Crippen LogP contribution is 2.21. The predicted octanol–water partition coefficient (Wildman–Crippen LogP) is 3.42. The second-order valence-electron chi connectivity index (χ2n) is 5.28. The van der Waals surface area contributed by atoms with Gasteiger partial charge in [0.05, 0.1) is 11.4 Å². The largest absolute Gasteiger partial charge is 0.325 e. The molecule has 128 valence electrons. The van der Waals surface area contributed by atoms with Gasteiger partial charge in [0.15, 0.2) is 0 Å². The van der Waals surface area contributed by atoms with E-state index in [1.54, 1.807) is 4.68 Å². The smallest absolute Gasteiger partial charge is 0.234 e. The van der Waals surface area contributed by atoms with Gasteiger partial charge in [-0.25, -0.2) is 0 Å². The molecule has 0 radical (unpaired) electrons. The first-order valence-corrected chi connectivity index (χ1v) is 9.79. The molecule has 0 spiro atoms. The molecule has 1 heterocycles. The zero-order chi connectivity index (χ0) is 17.6. The first-order valence-electron chi connectivity index (χ1n) is 7.58. The van der Waals surface area contributed by atoms with Gasteiger partial charge in [0.25, 0.3) is 0 Å². The summed E-state index contributed by atoms with van der Waals surface area (Å²) in [5, 5.41) is 15.2. The average molecular weight is 371 g/mol. The third kappa shape index (κ3) is 4.61. The van der Waals surface area contributed by atoms with Crippen molar-refractivity contribution in [3.63, 3.8) is 0 Å². The van der Waals surface area contributed by atoms with Crippen molar-refractivity contribution < 1.29 is 4.79 Å². The van der Waals surface area contributed by atoms with E-state index in [0.29, 0.717) is 10.9 Å². The van der Waals surface area contributed by atoms with Crippen LogP contribution in [-0.2, 0) is 4.79 Å². The van der Waals surface area contributed by atoms with Crippen LogP contribution in [0.4, 0.5) is 5.69 Å². The molecule has 1 N–H and O–H groups in total. The molecule has 0 saturated heterocycles. The van der Waals surface area contributed by atoms with Gasteiger partial charge in [-0.1, -0.05) is 35.5 Å². The molecule has 25 heavy (non-hydrogen) atoms. The average Bonchev–Trinajstić information content (AvgIpc) is 3.10. The fraction of sp³-hybridized carbons (Fsp3) is 0.176. The highest BCUT2D eigenvalue weighted by atomic mass is 32.2. The van der Waals surface area contributed by atoms with Crippen molar-refractivity contribution in [1.82, 2.24) is 20.2 Å². The quantitative estimate of drug-likeness (QED) is 0.669. The van der Waals surface area contributed by atoms with Crippen LogP contribution in [0.3, 0.4) is 0 Å². The van der Waals surface area contributed by atoms with Gasteiger partial charge in [-0.15, -0.1) is 16.9 Å². The second kappa shape index (κ2) is 8.17. The van der Waals surface area contributed by atoms with Gasteiger partial charge in [-0.2, -0.15) is 4.68 Å². The number of carbonyl (C=O) groups is 1. The molecule has 0 bridgehead atoms. The van der Waals surface area contributed by atoms with Crippen molar-refractivity contribution in [2.75, 3.05) is 17.3 Å². The van der Waals surface area contributed by atoms with Crippen molar-refractivity contribution >= 4 is 35.1 Å². The van der Waals surface area contributed by atoms with Gasteiger partial charge in [0.1, 0.15) is 0 Å². The standard InChI is InChI=1S/C17H17N5OS2/c1-12-6-8-15(9-7-12)25-11-16(23)18-13-4-3-5-14(10-13)22-17(24-2)19-20-21-22/h3-10H,11H2,1-2H3,(H,18,23). The Morgan fingerprint density at radius 3 is 2.76 bits per heavy atom. The maximum absolute atomic E-state index is 12.2. The summed E-state index contributed by atoms with van der Waals surface area (Å²) < 4.78 is 1.64. The number of nitrogens with zero attached hydrogens (tertiary/aromatic N) is 4. The van der Waals surface area contributed by atoms with Crippen LogP contribution < -0.4 is 5.32 Å². The summed E-state index contributed by atoms with van der Waals surface area (Å²) in [4.78, 5) is 13.3. The highest BCUT2D eigenvalue weighted by molar-refractivity contribution is 8.00. The number of amides is 1. The zero-order valence-corrected chi connectivity index (χ0v) is 15.5. The third-order valence-electron chi connectivity index (χ3n) is 3.39. The SMILES string of the molecule is CSc1nnnn1-c1cccc(NC(=O)CSc2ccc(C)cc2)c1. The molecule has 1 aromatic heterocycles. The molecule has 0 aliphatic heterocycles. The van der Waals surface area contributed by atoms with Gasteiger partial charge in [-0.05, 0) is 53.9 Å². The Hall–Kier alpha value is -2.32. The molecule has 1 amide bonds. The van der Waals surface area contributed by atoms with Crippen LogP contribution in [0.25, 0.3) is 5.69 Å². The number of hydrogen-bond donors (Lipinski definition) is 1. The fourth-order valence-corrected chi connectivity index (χ4v) is 3.30. The summed E-state index contributed by atoms with van der Waals surface area (Å²) in [5.74, 6) is 0.304. The van der Waals surface area contributed by atoms with Gasteiger partial charge in [0.2, 0.25) is 11.1 Å². The van der Waals surface area contributed by atoms with E-state index in [1.807, 2.05) is 61.7 Å². The second-order valence-corrected chi connectivity index (χ2v) is 7.10. The number of rotatable bonds is 6. The van der Waals surface area contributed by atoms with E-state index in [1.165, 1.54) is 29.1 Å². The Kier molecular flexibility index (Phi) is 5.72. The summed E-state index contributed by atoms with van der Waals surface area (Å²) in [5.41, 5.74) is 2.73. The molecule has 3 aromatic rings. The Morgan fingerprint density at radius 1 is 1.20 bits per heavy atom. The lowest BCUT2D eigenvalue weighted by Gasteiger charge is -2.08. The molecule has 0 atom stereocenters. The van der Waals surface area contributed by atoms with Crippen molar-refractivity contribution in [3.8, 4) is 5.69 Å². The Labute approximate surface area is 154 Å². The monoisotopic (exact) mass is 371 g/mol. The first-order chi connectivity index (χ1) is 12.2. The lowest BCUT2D eigenvalue weighted by molar-refractivity contribution is -0.113. The molecule has 0 aliphatic rings. The Bertz CT molecular complexity index is 863. The molecular formula is C17H17N5OS2. The highest BCUT2D eigenvalue weighted by Gasteiger charge is 2.09. The molecule has 0 fully saturated rings. The number of anilines is 1. The van der Waals surface area contributed by atoms with Crippen LogP contribution in [0.5, 0.6) is 0 Å². The summed E-state index contributed by atoms with van der Waals surface area (Å²) in [6.45, 7) is 2.04. The summed E-state index contributed by atoms with van der Waals surface area (Å²) in [6, 6.07) is 15.6. The minimum Gasteiger partial charge on any atom is -0.325 e. The molecule has 2 aromatic carbocycles. The molecule has 0 saturated carbocycles. The van der Waals surface area contributed by atoms with E-state index >= 15 is 0 Å². The Balaban J connectivity index is 1.63. The number of benzene rings is 2. The number of carbonyl (C=O) groups excluding carboxylic acids is 1. The lowest BCUT2D eigenvalue weighted by Crippen LogP contribution is -2.14. The van der Waals surface area contributed by atoms with Crippen LogP contribution >= 0.6 is 23.5 Å². The van der Waals surface area contributed by atoms with E-state index in [-0.39, 0.29) is 5.91 Å². The zero-order valence-electron chi connectivity index (χ0n) is 13.8. The van der Waals surface area contributed by atoms with Crippen LogP contribution in [0, 0.1) is 6.92 Å². The van der Waals surface area contributed by atoms with Gasteiger partial charge in [-0.3, -0.25) is 4.79 Å². The summed E-state index contributed by atoms with van der Waals surface area (Å²) in [6.07, 6.45) is 1.91. The van der Waals surface area contributed by atoms with E-state index in [2.05, 4.69) is 20.8 Å². The van der Waals surface area contributed by atoms with Gasteiger partial charge in [0, 0.05) is 10.6 Å². The topological polar surface area (TPSA) is 72.7 Å². The molecule has 0 unspecified atom stereocenters. The number of tetrazole rings is 1. The molecule has 8 heteroatoms. The van der Waals surface area contributed by atoms with Crippen LogP contribution in [0.1, 0.15) is 5.56 Å². The normalized spacial score (nSPS) is 10.6. The van der Waals surface area contributed by atoms with Crippen LogP contribution in [-0.4, -0.2) is 38.1 Å². The van der Waals surface area contributed by atoms with Crippen LogP contribution in [0.2, 0.25) is 0 Å². The van der Waals surface area contributed by atoms with Crippen molar-refractivity contribution in [3.05, 3.63) is 54.1 Å². The number of aryl methyl sites for hydroxylation is 1. The molecule has 0 aliphatic carbocycles. The number of nitrogens with one attached hydrogen (secondary N) is 1. The maximum Gasteiger partial charge on any atom is 0.234 e. The van der Waals surface area contributed by atoms with Gasteiger partial charge < -0.3 is 5.32 Å². The Morgan fingerprint density at radius 2 is 2.00 bits per heavy atom. The summed E-state index contributed by atoms with van der Waals surface area (Å²) >= 11 is 2.97. The number of hydrogen-bond acceptors (Lipinski definition) is 6. The number of thioether (sulfide) groups is 2. The minimum atomic E-state index is -0.0514. The van der Waals surface area contributed by atoms with Crippen molar-refractivity contribution in [2.45, 2.75) is 17.0 Å².